The first-order chi connectivity index (χ1) is 10.1. The minimum absolute atomic E-state index is 0.0609. The summed E-state index contributed by atoms with van der Waals surface area (Å²) in [5.41, 5.74) is 1.54. The second kappa shape index (κ2) is 9.60. The van der Waals surface area contributed by atoms with Crippen LogP contribution in [0.5, 0.6) is 5.75 Å². The molecule has 0 aliphatic carbocycles. The normalized spacial score (nSPS) is 10.5. The lowest BCUT2D eigenvalue weighted by Gasteiger charge is -2.12. The van der Waals surface area contributed by atoms with Crippen molar-refractivity contribution in [2.45, 2.75) is 19.8 Å². The molecule has 0 unspecified atom stereocenters. The van der Waals surface area contributed by atoms with Crippen LogP contribution in [0.3, 0.4) is 0 Å². The molecular formula is C15H23ClN2O3. The van der Waals surface area contributed by atoms with Crippen molar-refractivity contribution < 1.29 is 14.3 Å². The number of rotatable bonds is 9. The number of hydrogen-bond donors (Lipinski definition) is 2. The Bertz CT molecular complexity index is 466. The summed E-state index contributed by atoms with van der Waals surface area (Å²) in [4.78, 5) is 11.9. The average molecular weight is 315 g/mol. The average Bonchev–Trinajstić information content (AvgIpc) is 2.46. The Labute approximate surface area is 131 Å². The van der Waals surface area contributed by atoms with Gasteiger partial charge >= 0.3 is 0 Å². The third kappa shape index (κ3) is 6.33. The molecule has 0 saturated heterocycles. The summed E-state index contributed by atoms with van der Waals surface area (Å²) >= 11 is 6.03. The lowest BCUT2D eigenvalue weighted by molar-refractivity contribution is -0.116. The lowest BCUT2D eigenvalue weighted by Crippen LogP contribution is -2.23. The zero-order valence-electron chi connectivity index (χ0n) is 12.8. The number of aryl methyl sites for hydroxylation is 1. The molecule has 118 valence electrons. The van der Waals surface area contributed by atoms with E-state index >= 15 is 0 Å². The standard InChI is InChI=1S/C15H23ClN2O3/c1-11-9-13(14(21-3)10-12(11)16)18-15(19)5-7-17-6-4-8-20-2/h9-10,17H,4-8H2,1-3H3,(H,18,19). The van der Waals surface area contributed by atoms with Crippen molar-refractivity contribution in [1.82, 2.24) is 5.32 Å². The topological polar surface area (TPSA) is 59.6 Å². The number of benzene rings is 1. The Balaban J connectivity index is 2.42. The molecule has 0 spiro atoms. The van der Waals surface area contributed by atoms with Crippen molar-refractivity contribution in [3.05, 3.63) is 22.7 Å². The third-order valence-corrected chi connectivity index (χ3v) is 3.39. The lowest BCUT2D eigenvalue weighted by atomic mass is 10.2. The number of anilines is 1. The second-order valence-electron chi connectivity index (χ2n) is 4.70. The first-order valence-electron chi connectivity index (χ1n) is 6.92. The van der Waals surface area contributed by atoms with Gasteiger partial charge in [0.25, 0.3) is 0 Å². The van der Waals surface area contributed by atoms with Gasteiger partial charge in [0.2, 0.25) is 5.91 Å². The quantitative estimate of drug-likeness (QED) is 0.688. The third-order valence-electron chi connectivity index (χ3n) is 2.99. The van der Waals surface area contributed by atoms with Crippen LogP contribution in [-0.4, -0.2) is 39.8 Å². The van der Waals surface area contributed by atoms with Gasteiger partial charge in [0.15, 0.2) is 0 Å². The molecule has 0 heterocycles. The van der Waals surface area contributed by atoms with Crippen LogP contribution < -0.4 is 15.4 Å². The number of ether oxygens (including phenoxy) is 2. The van der Waals surface area contributed by atoms with Crippen LogP contribution in [0, 0.1) is 6.92 Å². The van der Waals surface area contributed by atoms with Crippen molar-refractivity contribution in [2.24, 2.45) is 0 Å². The van der Waals surface area contributed by atoms with Gasteiger partial charge in [-0.1, -0.05) is 11.6 Å². The van der Waals surface area contributed by atoms with E-state index in [4.69, 9.17) is 21.1 Å². The van der Waals surface area contributed by atoms with E-state index in [-0.39, 0.29) is 5.91 Å². The minimum Gasteiger partial charge on any atom is -0.495 e. The Kier molecular flexibility index (Phi) is 8.12. The van der Waals surface area contributed by atoms with Gasteiger partial charge < -0.3 is 20.1 Å². The SMILES string of the molecule is COCCCNCCC(=O)Nc1cc(C)c(Cl)cc1OC. The number of nitrogens with one attached hydrogen (secondary N) is 2. The Morgan fingerprint density at radius 3 is 2.71 bits per heavy atom. The molecule has 0 saturated carbocycles. The fourth-order valence-electron chi connectivity index (χ4n) is 1.81. The summed E-state index contributed by atoms with van der Waals surface area (Å²) in [6, 6.07) is 3.51. The molecule has 0 bridgehead atoms. The van der Waals surface area contributed by atoms with Gasteiger partial charge in [-0.15, -0.1) is 0 Å². The fraction of sp³-hybridized carbons (Fsp3) is 0.533. The van der Waals surface area contributed by atoms with E-state index in [1.807, 2.05) is 13.0 Å². The zero-order chi connectivity index (χ0) is 15.7. The van der Waals surface area contributed by atoms with Crippen molar-refractivity contribution in [1.29, 1.82) is 0 Å². The highest BCUT2D eigenvalue weighted by Crippen LogP contribution is 2.30. The van der Waals surface area contributed by atoms with Crippen molar-refractivity contribution in [3.63, 3.8) is 0 Å². The van der Waals surface area contributed by atoms with Gasteiger partial charge in [-0.25, -0.2) is 0 Å². The number of halogens is 1. The number of amides is 1. The first-order valence-corrected chi connectivity index (χ1v) is 7.30. The molecule has 0 fully saturated rings. The maximum absolute atomic E-state index is 11.9. The smallest absolute Gasteiger partial charge is 0.225 e. The molecule has 5 nitrogen and oxygen atoms in total. The van der Waals surface area contributed by atoms with Crippen LogP contribution in [0.25, 0.3) is 0 Å². The van der Waals surface area contributed by atoms with Gasteiger partial charge in [-0.05, 0) is 31.5 Å². The highest BCUT2D eigenvalue weighted by atomic mass is 35.5. The molecule has 1 rings (SSSR count). The monoisotopic (exact) mass is 314 g/mol. The molecule has 1 aromatic rings. The Hall–Kier alpha value is -1.30. The predicted molar refractivity (Wildman–Crippen MR) is 85.4 cm³/mol. The summed E-state index contributed by atoms with van der Waals surface area (Å²) in [7, 11) is 3.23. The first kappa shape index (κ1) is 17.8. The van der Waals surface area contributed by atoms with E-state index in [0.717, 1.165) is 25.1 Å². The van der Waals surface area contributed by atoms with Crippen molar-refractivity contribution in [2.75, 3.05) is 39.2 Å². The molecule has 0 radical (unpaired) electrons. The molecule has 0 aromatic heterocycles. The predicted octanol–water partition coefficient (Wildman–Crippen LogP) is 2.61. The van der Waals surface area contributed by atoms with E-state index in [2.05, 4.69) is 10.6 Å². The number of methoxy groups -OCH3 is 2. The number of hydrogen-bond acceptors (Lipinski definition) is 4. The van der Waals surface area contributed by atoms with Gasteiger partial charge in [0, 0.05) is 37.8 Å². The summed E-state index contributed by atoms with van der Waals surface area (Å²) in [6.45, 7) is 4.07. The van der Waals surface area contributed by atoms with Gasteiger partial charge in [0.1, 0.15) is 5.75 Å². The molecule has 0 aliphatic heterocycles. The minimum atomic E-state index is -0.0609. The molecule has 21 heavy (non-hydrogen) atoms. The van der Waals surface area contributed by atoms with E-state index < -0.39 is 0 Å². The van der Waals surface area contributed by atoms with Crippen molar-refractivity contribution >= 4 is 23.2 Å². The number of carbonyl (C=O) groups is 1. The van der Waals surface area contributed by atoms with Crippen LogP contribution in [0.4, 0.5) is 5.69 Å². The number of carbonyl (C=O) groups excluding carboxylic acids is 1. The summed E-state index contributed by atoms with van der Waals surface area (Å²) in [5.74, 6) is 0.501. The summed E-state index contributed by atoms with van der Waals surface area (Å²) < 4.78 is 10.2. The van der Waals surface area contributed by atoms with E-state index in [9.17, 15) is 4.79 Å². The van der Waals surface area contributed by atoms with Crippen LogP contribution in [0.2, 0.25) is 5.02 Å². The highest BCUT2D eigenvalue weighted by Gasteiger charge is 2.10. The van der Waals surface area contributed by atoms with E-state index in [0.29, 0.717) is 29.4 Å². The maximum atomic E-state index is 11.9. The van der Waals surface area contributed by atoms with E-state index in [1.54, 1.807) is 20.3 Å². The zero-order valence-corrected chi connectivity index (χ0v) is 13.5. The van der Waals surface area contributed by atoms with E-state index in [1.165, 1.54) is 0 Å². The molecule has 0 atom stereocenters. The van der Waals surface area contributed by atoms with Crippen LogP contribution in [0.1, 0.15) is 18.4 Å². The van der Waals surface area contributed by atoms with Gasteiger partial charge in [-0.2, -0.15) is 0 Å². The van der Waals surface area contributed by atoms with Crippen LogP contribution in [-0.2, 0) is 9.53 Å². The Morgan fingerprint density at radius 2 is 2.05 bits per heavy atom. The molecule has 6 heteroatoms. The summed E-state index contributed by atoms with van der Waals surface area (Å²) in [6.07, 6.45) is 1.33. The molecule has 2 N–H and O–H groups in total. The van der Waals surface area contributed by atoms with Crippen LogP contribution >= 0.6 is 11.6 Å². The fourth-order valence-corrected chi connectivity index (χ4v) is 1.96. The van der Waals surface area contributed by atoms with Gasteiger partial charge in [0.05, 0.1) is 12.8 Å². The molecule has 1 aromatic carbocycles. The second-order valence-corrected chi connectivity index (χ2v) is 5.10. The maximum Gasteiger partial charge on any atom is 0.225 e. The molecule has 1 amide bonds. The van der Waals surface area contributed by atoms with Crippen LogP contribution in [0.15, 0.2) is 12.1 Å². The van der Waals surface area contributed by atoms with Gasteiger partial charge in [-0.3, -0.25) is 4.79 Å². The summed E-state index contributed by atoms with van der Waals surface area (Å²) in [5, 5.41) is 6.65. The van der Waals surface area contributed by atoms with Crippen molar-refractivity contribution in [3.8, 4) is 5.75 Å². The largest absolute Gasteiger partial charge is 0.495 e. The highest BCUT2D eigenvalue weighted by molar-refractivity contribution is 6.31. The molecular weight excluding hydrogens is 292 g/mol. The Morgan fingerprint density at radius 1 is 1.29 bits per heavy atom. The molecule has 0 aliphatic rings.